The molecule has 0 fully saturated rings. The molecule has 0 unspecified atom stereocenters. The molecule has 0 saturated carbocycles. The van der Waals surface area contributed by atoms with Gasteiger partial charge in [0.15, 0.2) is 0 Å². The average Bonchev–Trinajstić information content (AvgIpc) is 3.27. The molecule has 2 aromatic carbocycles. The first-order valence-electron chi connectivity index (χ1n) is 9.80. The van der Waals surface area contributed by atoms with E-state index < -0.39 is 6.04 Å². The molecule has 0 radical (unpaired) electrons. The topological polar surface area (TPSA) is 119 Å². The van der Waals surface area contributed by atoms with E-state index in [4.69, 9.17) is 5.73 Å². The van der Waals surface area contributed by atoms with Gasteiger partial charge in [-0.1, -0.05) is 53.7 Å². The van der Waals surface area contributed by atoms with Crippen molar-refractivity contribution in [2.24, 2.45) is 0 Å². The molecule has 4 N–H and O–H groups in total. The van der Waals surface area contributed by atoms with Crippen molar-refractivity contribution in [3.05, 3.63) is 95.8 Å². The number of hydrogen-bond acceptors (Lipinski definition) is 6. The molecule has 2 aromatic heterocycles. The fourth-order valence-electron chi connectivity index (χ4n) is 3.33. The summed E-state index contributed by atoms with van der Waals surface area (Å²) in [6.07, 6.45) is 3.41. The highest BCUT2D eigenvalue weighted by atomic mass is 16.3. The zero-order valence-electron chi connectivity index (χ0n) is 16.7. The Hall–Kier alpha value is -4.04. The number of carbonyl (C=O) groups is 1. The average molecular weight is 414 g/mol. The molecular weight excluding hydrogens is 392 g/mol. The molecule has 0 bridgehead atoms. The SMILES string of the molecule is Nc1cc(-c2cn(Cc3ccccc3C(=O)N[C@H](CO)c3ccccc3)nn2)ccn1. The Morgan fingerprint density at radius 1 is 1.10 bits per heavy atom. The molecule has 4 rings (SSSR count). The number of nitrogens with zero attached hydrogens (tertiary/aromatic N) is 4. The van der Waals surface area contributed by atoms with Gasteiger partial charge < -0.3 is 16.2 Å². The first-order chi connectivity index (χ1) is 15.1. The molecular formula is C23H22N6O2. The van der Waals surface area contributed by atoms with Crippen LogP contribution in [-0.2, 0) is 6.54 Å². The summed E-state index contributed by atoms with van der Waals surface area (Å²) in [7, 11) is 0. The molecule has 0 saturated heterocycles. The Morgan fingerprint density at radius 3 is 2.65 bits per heavy atom. The highest BCUT2D eigenvalue weighted by Crippen LogP contribution is 2.19. The molecule has 0 spiro atoms. The zero-order chi connectivity index (χ0) is 21.6. The van der Waals surface area contributed by atoms with Gasteiger partial charge in [-0.05, 0) is 29.3 Å². The fourth-order valence-corrected chi connectivity index (χ4v) is 3.33. The number of aromatic nitrogens is 4. The van der Waals surface area contributed by atoms with E-state index in [1.165, 1.54) is 0 Å². The van der Waals surface area contributed by atoms with Crippen LogP contribution < -0.4 is 11.1 Å². The monoisotopic (exact) mass is 414 g/mol. The fraction of sp³-hybridized carbons (Fsp3) is 0.130. The smallest absolute Gasteiger partial charge is 0.252 e. The summed E-state index contributed by atoms with van der Waals surface area (Å²) in [5, 5.41) is 21.0. The summed E-state index contributed by atoms with van der Waals surface area (Å²) in [6, 6.07) is 19.7. The van der Waals surface area contributed by atoms with Crippen molar-refractivity contribution in [3.8, 4) is 11.3 Å². The lowest BCUT2D eigenvalue weighted by molar-refractivity contribution is 0.0915. The van der Waals surface area contributed by atoms with Crippen molar-refractivity contribution in [2.45, 2.75) is 12.6 Å². The second-order valence-corrected chi connectivity index (χ2v) is 7.05. The standard InChI is InChI=1S/C23H22N6O2/c24-22-12-17(10-11-25-22)20-14-29(28-27-20)13-18-8-4-5-9-19(18)23(31)26-21(15-30)16-6-2-1-3-7-16/h1-12,14,21,30H,13,15H2,(H2,24,25)(H,26,31)/t21-/m1/s1. The number of pyridine rings is 1. The number of hydrogen-bond donors (Lipinski definition) is 3. The Bertz CT molecular complexity index is 1180. The second kappa shape index (κ2) is 9.19. The summed E-state index contributed by atoms with van der Waals surface area (Å²) >= 11 is 0. The molecule has 0 aliphatic rings. The molecule has 0 aliphatic heterocycles. The van der Waals surface area contributed by atoms with Crippen molar-refractivity contribution in [2.75, 3.05) is 12.3 Å². The van der Waals surface area contributed by atoms with Gasteiger partial charge in [0, 0.05) is 17.3 Å². The van der Waals surface area contributed by atoms with Crippen LogP contribution in [0, 0.1) is 0 Å². The summed E-state index contributed by atoms with van der Waals surface area (Å²) in [6.45, 7) is 0.172. The summed E-state index contributed by atoms with van der Waals surface area (Å²) < 4.78 is 1.67. The summed E-state index contributed by atoms with van der Waals surface area (Å²) in [4.78, 5) is 17.0. The molecule has 8 heteroatoms. The Morgan fingerprint density at radius 2 is 1.87 bits per heavy atom. The van der Waals surface area contributed by atoms with E-state index in [9.17, 15) is 9.90 Å². The van der Waals surface area contributed by atoms with Gasteiger partial charge in [-0.25, -0.2) is 9.67 Å². The first kappa shape index (κ1) is 20.2. The Labute approximate surface area is 179 Å². The van der Waals surface area contributed by atoms with Crippen molar-refractivity contribution in [1.82, 2.24) is 25.3 Å². The summed E-state index contributed by atoms with van der Waals surface area (Å²) in [5.74, 6) is 0.145. The number of rotatable bonds is 7. The van der Waals surface area contributed by atoms with E-state index in [2.05, 4.69) is 20.6 Å². The van der Waals surface area contributed by atoms with E-state index in [0.717, 1.165) is 16.7 Å². The lowest BCUT2D eigenvalue weighted by Gasteiger charge is -2.18. The number of nitrogens with two attached hydrogens (primary N) is 1. The highest BCUT2D eigenvalue weighted by Gasteiger charge is 2.17. The Kier molecular flexibility index (Phi) is 6.00. The number of anilines is 1. The van der Waals surface area contributed by atoms with Gasteiger partial charge in [0.2, 0.25) is 0 Å². The largest absolute Gasteiger partial charge is 0.394 e. The summed E-state index contributed by atoms with van der Waals surface area (Å²) in [5.41, 5.74) is 9.37. The number of amides is 1. The van der Waals surface area contributed by atoms with Crippen LogP contribution in [0.25, 0.3) is 11.3 Å². The van der Waals surface area contributed by atoms with Crippen LogP contribution in [0.15, 0.2) is 79.1 Å². The highest BCUT2D eigenvalue weighted by molar-refractivity contribution is 5.96. The minimum atomic E-state index is -0.489. The van der Waals surface area contributed by atoms with Gasteiger partial charge >= 0.3 is 0 Å². The number of aliphatic hydroxyl groups excluding tert-OH is 1. The van der Waals surface area contributed by atoms with E-state index >= 15 is 0 Å². The van der Waals surface area contributed by atoms with Crippen LogP contribution in [0.5, 0.6) is 0 Å². The molecule has 156 valence electrons. The predicted octanol–water partition coefficient (Wildman–Crippen LogP) is 2.43. The normalized spacial score (nSPS) is 11.8. The van der Waals surface area contributed by atoms with Crippen molar-refractivity contribution >= 4 is 11.7 Å². The van der Waals surface area contributed by atoms with Crippen LogP contribution in [0.3, 0.4) is 0 Å². The third-order valence-corrected chi connectivity index (χ3v) is 4.90. The molecule has 4 aromatic rings. The number of carbonyl (C=O) groups excluding carboxylic acids is 1. The van der Waals surface area contributed by atoms with Crippen LogP contribution >= 0.6 is 0 Å². The van der Waals surface area contributed by atoms with E-state index in [-0.39, 0.29) is 12.5 Å². The lowest BCUT2D eigenvalue weighted by Crippen LogP contribution is -2.31. The Balaban J connectivity index is 1.53. The van der Waals surface area contributed by atoms with Crippen molar-refractivity contribution in [1.29, 1.82) is 0 Å². The molecule has 8 nitrogen and oxygen atoms in total. The molecule has 1 atom stereocenters. The van der Waals surface area contributed by atoms with Crippen LogP contribution in [0.2, 0.25) is 0 Å². The van der Waals surface area contributed by atoms with Crippen molar-refractivity contribution < 1.29 is 9.90 Å². The third-order valence-electron chi connectivity index (χ3n) is 4.90. The first-order valence-corrected chi connectivity index (χ1v) is 9.80. The zero-order valence-corrected chi connectivity index (χ0v) is 16.7. The minimum Gasteiger partial charge on any atom is -0.394 e. The van der Waals surface area contributed by atoms with E-state index in [1.807, 2.05) is 48.5 Å². The quantitative estimate of drug-likeness (QED) is 0.427. The van der Waals surface area contributed by atoms with Crippen molar-refractivity contribution in [3.63, 3.8) is 0 Å². The maximum atomic E-state index is 13.0. The predicted molar refractivity (Wildman–Crippen MR) is 117 cm³/mol. The van der Waals surface area contributed by atoms with Crippen LogP contribution in [-0.4, -0.2) is 37.6 Å². The van der Waals surface area contributed by atoms with Gasteiger partial charge in [0.1, 0.15) is 11.5 Å². The molecule has 2 heterocycles. The van der Waals surface area contributed by atoms with E-state index in [0.29, 0.717) is 23.6 Å². The lowest BCUT2D eigenvalue weighted by atomic mass is 10.0. The minimum absolute atomic E-state index is 0.195. The second-order valence-electron chi connectivity index (χ2n) is 7.05. The van der Waals surface area contributed by atoms with Crippen LogP contribution in [0.4, 0.5) is 5.82 Å². The van der Waals surface area contributed by atoms with Gasteiger partial charge in [0.25, 0.3) is 5.91 Å². The molecule has 31 heavy (non-hydrogen) atoms. The van der Waals surface area contributed by atoms with Gasteiger partial charge in [-0.2, -0.15) is 0 Å². The third kappa shape index (κ3) is 4.76. The number of benzene rings is 2. The van der Waals surface area contributed by atoms with Gasteiger partial charge in [0.05, 0.1) is 25.4 Å². The van der Waals surface area contributed by atoms with Gasteiger partial charge in [-0.3, -0.25) is 4.79 Å². The van der Waals surface area contributed by atoms with Gasteiger partial charge in [-0.15, -0.1) is 5.10 Å². The molecule has 0 aliphatic carbocycles. The maximum Gasteiger partial charge on any atom is 0.252 e. The number of aliphatic hydroxyl groups is 1. The van der Waals surface area contributed by atoms with E-state index in [1.54, 1.807) is 35.3 Å². The maximum absolute atomic E-state index is 13.0. The molecule has 1 amide bonds. The van der Waals surface area contributed by atoms with Crippen LogP contribution in [0.1, 0.15) is 27.5 Å². The number of nitrogen functional groups attached to an aromatic ring is 1. The number of nitrogens with one attached hydrogen (secondary N) is 1.